The average molecular weight is 576 g/mol. The highest BCUT2D eigenvalue weighted by Gasteiger charge is 2.29. The smallest absolute Gasteiger partial charge is 0.407 e. The Kier molecular flexibility index (Phi) is 9.26. The summed E-state index contributed by atoms with van der Waals surface area (Å²) >= 11 is 0. The van der Waals surface area contributed by atoms with Crippen molar-refractivity contribution in [1.82, 2.24) is 5.32 Å². The molecule has 0 bridgehead atoms. The van der Waals surface area contributed by atoms with Crippen LogP contribution in [0.5, 0.6) is 5.75 Å². The van der Waals surface area contributed by atoms with Crippen molar-refractivity contribution in [2.45, 2.75) is 51.4 Å². The van der Waals surface area contributed by atoms with Gasteiger partial charge in [0, 0.05) is 12.0 Å². The van der Waals surface area contributed by atoms with Gasteiger partial charge in [-0.3, -0.25) is 0 Å². The number of nitrogens with one attached hydrogen (secondary N) is 1. The number of esters is 1. The standard InChI is InChI=1S/C37H37NO5/c1-37(2,3)43-29-20-17-26(18-21-29)23-28(19-22-35(39)41-24-27-11-5-4-6-12-27)38-36(40)42-25-34-32-15-9-7-13-30(32)31-14-8-10-16-33(31)34/h4-22,28,34H,23-25H2,1-3H3,(H,38,40)/b22-19+/t28-/m0/s1. The Bertz CT molecular complexity index is 1530. The molecule has 1 N–H and O–H groups in total. The van der Waals surface area contributed by atoms with Gasteiger partial charge in [-0.2, -0.15) is 0 Å². The molecule has 1 atom stereocenters. The monoisotopic (exact) mass is 575 g/mol. The maximum Gasteiger partial charge on any atom is 0.407 e. The molecule has 0 radical (unpaired) electrons. The molecule has 0 saturated heterocycles. The predicted molar refractivity (Wildman–Crippen MR) is 168 cm³/mol. The first-order valence-corrected chi connectivity index (χ1v) is 14.5. The Balaban J connectivity index is 1.25. The van der Waals surface area contributed by atoms with Gasteiger partial charge in [-0.15, -0.1) is 0 Å². The van der Waals surface area contributed by atoms with Crippen LogP contribution < -0.4 is 10.1 Å². The molecule has 0 aromatic heterocycles. The molecule has 220 valence electrons. The number of alkyl carbamates (subject to hydrolysis) is 1. The molecule has 1 amide bonds. The van der Waals surface area contributed by atoms with Gasteiger partial charge in [0.05, 0.1) is 6.04 Å². The number of ether oxygens (including phenoxy) is 3. The zero-order valence-corrected chi connectivity index (χ0v) is 24.8. The maximum atomic E-state index is 13.1. The van der Waals surface area contributed by atoms with E-state index in [0.29, 0.717) is 6.42 Å². The minimum atomic E-state index is -0.554. The topological polar surface area (TPSA) is 73.9 Å². The fourth-order valence-electron chi connectivity index (χ4n) is 5.23. The highest BCUT2D eigenvalue weighted by atomic mass is 16.5. The SMILES string of the molecule is CC(C)(C)Oc1ccc(C[C@H](/C=C/C(=O)OCc2ccccc2)NC(=O)OCC2c3ccccc3-c3ccccc32)cc1. The lowest BCUT2D eigenvalue weighted by molar-refractivity contribution is -0.139. The van der Waals surface area contributed by atoms with Gasteiger partial charge in [0.15, 0.2) is 0 Å². The Hall–Kier alpha value is -4.84. The summed E-state index contributed by atoms with van der Waals surface area (Å²) in [6.07, 6.45) is 2.90. The Labute approximate surface area is 253 Å². The third kappa shape index (κ3) is 8.13. The number of benzene rings is 4. The number of amides is 1. The lowest BCUT2D eigenvalue weighted by Crippen LogP contribution is -2.36. The number of rotatable bonds is 10. The number of hydrogen-bond donors (Lipinski definition) is 1. The minimum Gasteiger partial charge on any atom is -0.488 e. The Morgan fingerprint density at radius 1 is 0.767 bits per heavy atom. The number of carbonyl (C=O) groups is 2. The highest BCUT2D eigenvalue weighted by molar-refractivity contribution is 5.82. The van der Waals surface area contributed by atoms with Crippen LogP contribution in [0, 0.1) is 0 Å². The van der Waals surface area contributed by atoms with E-state index in [-0.39, 0.29) is 24.7 Å². The van der Waals surface area contributed by atoms with Crippen molar-refractivity contribution in [1.29, 1.82) is 0 Å². The van der Waals surface area contributed by atoms with Gasteiger partial charge in [-0.05, 0) is 72.7 Å². The zero-order valence-electron chi connectivity index (χ0n) is 24.8. The van der Waals surface area contributed by atoms with E-state index in [1.807, 2.05) is 99.6 Å². The van der Waals surface area contributed by atoms with Crippen molar-refractivity contribution in [3.63, 3.8) is 0 Å². The third-order valence-corrected chi connectivity index (χ3v) is 7.14. The van der Waals surface area contributed by atoms with Crippen LogP contribution in [0.2, 0.25) is 0 Å². The molecule has 5 rings (SSSR count). The molecule has 0 saturated carbocycles. The molecular formula is C37H37NO5. The van der Waals surface area contributed by atoms with Crippen LogP contribution in [0.15, 0.2) is 115 Å². The van der Waals surface area contributed by atoms with E-state index in [1.54, 1.807) is 6.08 Å². The molecule has 1 aliphatic carbocycles. The van der Waals surface area contributed by atoms with E-state index in [4.69, 9.17) is 14.2 Å². The van der Waals surface area contributed by atoms with E-state index in [0.717, 1.165) is 28.0 Å². The first-order chi connectivity index (χ1) is 20.7. The van der Waals surface area contributed by atoms with Gasteiger partial charge in [0.25, 0.3) is 0 Å². The number of hydrogen-bond acceptors (Lipinski definition) is 5. The second kappa shape index (κ2) is 13.4. The lowest BCUT2D eigenvalue weighted by Gasteiger charge is -2.21. The normalized spacial score (nSPS) is 13.2. The van der Waals surface area contributed by atoms with Crippen LogP contribution >= 0.6 is 0 Å². The van der Waals surface area contributed by atoms with E-state index in [2.05, 4.69) is 29.6 Å². The van der Waals surface area contributed by atoms with Gasteiger partial charge in [0.1, 0.15) is 24.6 Å². The van der Waals surface area contributed by atoms with Crippen LogP contribution in [-0.2, 0) is 27.3 Å². The van der Waals surface area contributed by atoms with Crippen LogP contribution in [0.3, 0.4) is 0 Å². The van der Waals surface area contributed by atoms with Crippen molar-refractivity contribution < 1.29 is 23.8 Å². The molecule has 43 heavy (non-hydrogen) atoms. The quantitative estimate of drug-likeness (QED) is 0.156. The summed E-state index contributed by atoms with van der Waals surface area (Å²) in [4.78, 5) is 25.6. The molecule has 0 heterocycles. The summed E-state index contributed by atoms with van der Waals surface area (Å²) in [6, 6.07) is 33.1. The fourth-order valence-corrected chi connectivity index (χ4v) is 5.23. The lowest BCUT2D eigenvalue weighted by atomic mass is 9.98. The Morgan fingerprint density at radius 3 is 2.00 bits per heavy atom. The van der Waals surface area contributed by atoms with Crippen molar-refractivity contribution in [2.24, 2.45) is 0 Å². The largest absolute Gasteiger partial charge is 0.488 e. The summed E-state index contributed by atoms with van der Waals surface area (Å²) in [5.41, 5.74) is 6.18. The summed E-state index contributed by atoms with van der Waals surface area (Å²) < 4.78 is 17.1. The van der Waals surface area contributed by atoms with Crippen molar-refractivity contribution >= 4 is 12.1 Å². The first-order valence-electron chi connectivity index (χ1n) is 14.5. The van der Waals surface area contributed by atoms with Gasteiger partial charge in [0.2, 0.25) is 0 Å². The molecular weight excluding hydrogens is 538 g/mol. The molecule has 4 aromatic rings. The summed E-state index contributed by atoms with van der Waals surface area (Å²) in [5.74, 6) is 0.227. The summed E-state index contributed by atoms with van der Waals surface area (Å²) in [7, 11) is 0. The van der Waals surface area contributed by atoms with Crippen molar-refractivity contribution in [2.75, 3.05) is 6.61 Å². The van der Waals surface area contributed by atoms with E-state index in [1.165, 1.54) is 17.2 Å². The van der Waals surface area contributed by atoms with Gasteiger partial charge < -0.3 is 19.5 Å². The highest BCUT2D eigenvalue weighted by Crippen LogP contribution is 2.44. The molecule has 4 aromatic carbocycles. The molecule has 1 aliphatic rings. The molecule has 6 nitrogen and oxygen atoms in total. The van der Waals surface area contributed by atoms with Crippen LogP contribution in [0.25, 0.3) is 11.1 Å². The second-order valence-corrected chi connectivity index (χ2v) is 11.6. The molecule has 6 heteroatoms. The summed E-state index contributed by atoms with van der Waals surface area (Å²) in [5, 5.41) is 2.93. The van der Waals surface area contributed by atoms with Crippen LogP contribution in [0.1, 0.15) is 48.9 Å². The predicted octanol–water partition coefficient (Wildman–Crippen LogP) is 7.61. The first kappa shape index (κ1) is 29.6. The Morgan fingerprint density at radius 2 is 1.37 bits per heavy atom. The minimum absolute atomic E-state index is 0.0459. The zero-order chi connectivity index (χ0) is 30.2. The van der Waals surface area contributed by atoms with E-state index < -0.39 is 18.1 Å². The molecule has 0 spiro atoms. The van der Waals surface area contributed by atoms with Gasteiger partial charge in [-0.25, -0.2) is 9.59 Å². The molecule has 0 fully saturated rings. The molecule has 0 unspecified atom stereocenters. The van der Waals surface area contributed by atoms with Crippen LogP contribution in [-0.4, -0.2) is 30.3 Å². The van der Waals surface area contributed by atoms with Crippen molar-refractivity contribution in [3.05, 3.63) is 138 Å². The van der Waals surface area contributed by atoms with E-state index in [9.17, 15) is 9.59 Å². The molecule has 0 aliphatic heterocycles. The van der Waals surface area contributed by atoms with Gasteiger partial charge >= 0.3 is 12.1 Å². The fraction of sp³-hybridized carbons (Fsp3) is 0.243. The number of fused-ring (bicyclic) bond motifs is 3. The number of carbonyl (C=O) groups excluding carboxylic acids is 2. The van der Waals surface area contributed by atoms with E-state index >= 15 is 0 Å². The van der Waals surface area contributed by atoms with Crippen molar-refractivity contribution in [3.8, 4) is 16.9 Å². The average Bonchev–Trinajstić information content (AvgIpc) is 3.32. The second-order valence-electron chi connectivity index (χ2n) is 11.6. The van der Waals surface area contributed by atoms with Gasteiger partial charge in [-0.1, -0.05) is 97.1 Å². The third-order valence-electron chi connectivity index (χ3n) is 7.14. The summed E-state index contributed by atoms with van der Waals surface area (Å²) in [6.45, 7) is 6.36. The maximum absolute atomic E-state index is 13.1. The van der Waals surface area contributed by atoms with Crippen LogP contribution in [0.4, 0.5) is 4.79 Å².